The first-order valence-corrected chi connectivity index (χ1v) is 11.3. The van der Waals surface area contributed by atoms with Gasteiger partial charge >= 0.3 is 0 Å². The molecule has 0 atom stereocenters. The van der Waals surface area contributed by atoms with E-state index in [9.17, 15) is 8.42 Å². The van der Waals surface area contributed by atoms with Crippen LogP contribution in [0, 0.1) is 0 Å². The van der Waals surface area contributed by atoms with Gasteiger partial charge in [0.25, 0.3) is 0 Å². The van der Waals surface area contributed by atoms with Gasteiger partial charge in [-0.3, -0.25) is 4.99 Å². The van der Waals surface area contributed by atoms with Crippen molar-refractivity contribution in [3.8, 4) is 0 Å². The van der Waals surface area contributed by atoms with Crippen molar-refractivity contribution in [1.82, 2.24) is 24.4 Å². The van der Waals surface area contributed by atoms with Gasteiger partial charge in [-0.1, -0.05) is 18.2 Å². The molecule has 0 aliphatic carbocycles. The molecule has 2 aromatic rings. The monoisotopic (exact) mass is 418 g/mol. The largest absolute Gasteiger partial charge is 0.355 e. The van der Waals surface area contributed by atoms with E-state index in [2.05, 4.69) is 25.1 Å². The molecule has 0 unspecified atom stereocenters. The van der Waals surface area contributed by atoms with Crippen LogP contribution in [0.4, 0.5) is 0 Å². The fourth-order valence-electron chi connectivity index (χ4n) is 3.29. The molecule has 9 heteroatoms. The van der Waals surface area contributed by atoms with E-state index in [-0.39, 0.29) is 0 Å². The number of likely N-dealkylation sites (N-methyl/N-ethyl adjacent to an activating group) is 1. The number of aromatic nitrogens is 1. The molecule has 29 heavy (non-hydrogen) atoms. The maximum absolute atomic E-state index is 13.2. The van der Waals surface area contributed by atoms with Crippen LogP contribution in [-0.4, -0.2) is 75.0 Å². The lowest BCUT2D eigenvalue weighted by atomic mass is 10.2. The Morgan fingerprint density at radius 2 is 1.72 bits per heavy atom. The predicted molar refractivity (Wildman–Crippen MR) is 115 cm³/mol. The van der Waals surface area contributed by atoms with Gasteiger partial charge in [0, 0.05) is 65.3 Å². The van der Waals surface area contributed by atoms with Crippen molar-refractivity contribution < 1.29 is 8.42 Å². The molecule has 2 N–H and O–H groups in total. The number of guanidine groups is 1. The van der Waals surface area contributed by atoms with E-state index in [1.54, 1.807) is 23.5 Å². The third-order valence-electron chi connectivity index (χ3n) is 5.05. The highest BCUT2D eigenvalue weighted by Gasteiger charge is 2.29. The molecule has 2 heterocycles. The molecule has 8 nitrogen and oxygen atoms in total. The van der Waals surface area contributed by atoms with Crippen LogP contribution in [0.1, 0.15) is 5.56 Å². The average Bonchev–Trinajstić information content (AvgIpc) is 3.24. The Labute approximate surface area is 173 Å². The van der Waals surface area contributed by atoms with Crippen LogP contribution < -0.4 is 10.6 Å². The van der Waals surface area contributed by atoms with E-state index in [0.717, 1.165) is 31.7 Å². The maximum Gasteiger partial charge on any atom is 0.243 e. The second kappa shape index (κ2) is 9.91. The second-order valence-corrected chi connectivity index (χ2v) is 8.99. The van der Waals surface area contributed by atoms with Gasteiger partial charge in [0.1, 0.15) is 0 Å². The van der Waals surface area contributed by atoms with Gasteiger partial charge in [0.15, 0.2) is 5.96 Å². The summed E-state index contributed by atoms with van der Waals surface area (Å²) < 4.78 is 30.0. The zero-order chi connectivity index (χ0) is 20.7. The Hall–Kier alpha value is -2.36. The molecule has 0 amide bonds. The number of piperazine rings is 1. The van der Waals surface area contributed by atoms with Crippen molar-refractivity contribution in [3.63, 3.8) is 0 Å². The summed E-state index contributed by atoms with van der Waals surface area (Å²) in [6, 6.07) is 11.2. The standard InChI is InChI=1S/C20H30N6O2S/c1-21-20(22-9-12-25-10-5-6-11-25)23-17-18-7-3-4-8-19(18)29(27,28)26-15-13-24(2)14-16-26/h3-8,10-11H,9,12-17H2,1-2H3,(H2,21,22,23). The van der Waals surface area contributed by atoms with Gasteiger partial charge < -0.3 is 20.1 Å². The molecule has 0 spiro atoms. The zero-order valence-electron chi connectivity index (χ0n) is 17.1. The van der Waals surface area contributed by atoms with Crippen LogP contribution in [0.2, 0.25) is 0 Å². The number of nitrogens with one attached hydrogen (secondary N) is 2. The summed E-state index contributed by atoms with van der Waals surface area (Å²) in [5.74, 6) is 0.643. The van der Waals surface area contributed by atoms with Crippen LogP contribution in [-0.2, 0) is 23.1 Å². The number of aliphatic imine (C=N–C) groups is 1. The Balaban J connectivity index is 1.62. The van der Waals surface area contributed by atoms with Crippen molar-refractivity contribution in [1.29, 1.82) is 0 Å². The lowest BCUT2D eigenvalue weighted by molar-refractivity contribution is 0.222. The zero-order valence-corrected chi connectivity index (χ0v) is 17.9. The Bertz CT molecular complexity index is 903. The third-order valence-corrected chi connectivity index (χ3v) is 7.05. The SMILES string of the molecule is CN=C(NCCn1cccc1)NCc1ccccc1S(=O)(=O)N1CCN(C)CC1. The summed E-state index contributed by atoms with van der Waals surface area (Å²) in [6.07, 6.45) is 4.02. The molecule has 1 aromatic carbocycles. The first-order chi connectivity index (χ1) is 14.0. The minimum absolute atomic E-state index is 0.361. The lowest BCUT2D eigenvalue weighted by Gasteiger charge is -2.32. The van der Waals surface area contributed by atoms with Gasteiger partial charge in [-0.15, -0.1) is 0 Å². The van der Waals surface area contributed by atoms with Crippen molar-refractivity contribution in [2.45, 2.75) is 18.0 Å². The number of hydrogen-bond donors (Lipinski definition) is 2. The van der Waals surface area contributed by atoms with Crippen LogP contribution in [0.3, 0.4) is 0 Å². The first-order valence-electron chi connectivity index (χ1n) is 9.82. The summed E-state index contributed by atoms with van der Waals surface area (Å²) in [5.41, 5.74) is 0.736. The molecule has 1 aliphatic rings. The van der Waals surface area contributed by atoms with E-state index < -0.39 is 10.0 Å². The molecular weight excluding hydrogens is 388 g/mol. The van der Waals surface area contributed by atoms with Gasteiger partial charge in [-0.25, -0.2) is 8.42 Å². The molecule has 0 radical (unpaired) electrons. The Morgan fingerprint density at radius 1 is 1.03 bits per heavy atom. The van der Waals surface area contributed by atoms with Crippen molar-refractivity contribution in [3.05, 3.63) is 54.4 Å². The maximum atomic E-state index is 13.2. The van der Waals surface area contributed by atoms with Crippen molar-refractivity contribution in [2.24, 2.45) is 4.99 Å². The van der Waals surface area contributed by atoms with E-state index in [4.69, 9.17) is 0 Å². The Morgan fingerprint density at radius 3 is 2.41 bits per heavy atom. The number of hydrogen-bond acceptors (Lipinski definition) is 4. The highest BCUT2D eigenvalue weighted by molar-refractivity contribution is 7.89. The Kier molecular flexibility index (Phi) is 7.29. The first kappa shape index (κ1) is 21.4. The van der Waals surface area contributed by atoms with Gasteiger partial charge in [-0.05, 0) is 30.8 Å². The second-order valence-electron chi connectivity index (χ2n) is 7.09. The van der Waals surface area contributed by atoms with Gasteiger partial charge in [-0.2, -0.15) is 4.31 Å². The summed E-state index contributed by atoms with van der Waals surface area (Å²) in [5, 5.41) is 6.48. The number of sulfonamides is 1. The number of benzene rings is 1. The normalized spacial score (nSPS) is 16.7. The summed E-state index contributed by atoms with van der Waals surface area (Å²) in [7, 11) is 0.203. The fourth-order valence-corrected chi connectivity index (χ4v) is 4.94. The molecule has 1 aromatic heterocycles. The molecule has 1 fully saturated rings. The topological polar surface area (TPSA) is 82.0 Å². The van der Waals surface area contributed by atoms with Gasteiger partial charge in [0.2, 0.25) is 10.0 Å². The smallest absolute Gasteiger partial charge is 0.243 e. The number of rotatable bonds is 7. The highest BCUT2D eigenvalue weighted by Crippen LogP contribution is 2.21. The van der Waals surface area contributed by atoms with E-state index in [0.29, 0.717) is 30.5 Å². The van der Waals surface area contributed by atoms with E-state index in [1.165, 1.54) is 0 Å². The van der Waals surface area contributed by atoms with Crippen molar-refractivity contribution in [2.75, 3.05) is 46.8 Å². The summed E-state index contributed by atoms with van der Waals surface area (Å²) in [4.78, 5) is 6.73. The highest BCUT2D eigenvalue weighted by atomic mass is 32.2. The third kappa shape index (κ3) is 5.59. The van der Waals surface area contributed by atoms with Crippen LogP contribution in [0.15, 0.2) is 58.7 Å². The van der Waals surface area contributed by atoms with E-state index >= 15 is 0 Å². The molecule has 3 rings (SSSR count). The molecular formula is C20H30N6O2S. The average molecular weight is 419 g/mol. The predicted octanol–water partition coefficient (Wildman–Crippen LogP) is 0.789. The van der Waals surface area contributed by atoms with Crippen LogP contribution in [0.25, 0.3) is 0 Å². The molecule has 1 saturated heterocycles. The minimum atomic E-state index is -3.51. The van der Waals surface area contributed by atoms with Gasteiger partial charge in [0.05, 0.1) is 4.90 Å². The minimum Gasteiger partial charge on any atom is -0.355 e. The molecule has 0 saturated carbocycles. The molecule has 0 bridgehead atoms. The lowest BCUT2D eigenvalue weighted by Crippen LogP contribution is -2.47. The molecule has 1 aliphatic heterocycles. The van der Waals surface area contributed by atoms with E-state index in [1.807, 2.05) is 43.7 Å². The quantitative estimate of drug-likeness (QED) is 0.513. The van der Waals surface area contributed by atoms with Crippen LogP contribution in [0.5, 0.6) is 0 Å². The fraction of sp³-hybridized carbons (Fsp3) is 0.450. The van der Waals surface area contributed by atoms with Crippen LogP contribution >= 0.6 is 0 Å². The summed E-state index contributed by atoms with van der Waals surface area (Å²) >= 11 is 0. The summed E-state index contributed by atoms with van der Waals surface area (Å²) in [6.45, 7) is 4.45. The molecule has 158 valence electrons. The number of nitrogens with zero attached hydrogens (tertiary/aromatic N) is 4. The van der Waals surface area contributed by atoms with Crippen molar-refractivity contribution >= 4 is 16.0 Å².